The molecule has 2 aromatic heterocycles. The lowest BCUT2D eigenvalue weighted by atomic mass is 9.84. The summed E-state index contributed by atoms with van der Waals surface area (Å²) in [7, 11) is 1.85. The molecular formula is C23H32F3N5O2S. The minimum Gasteiger partial charge on any atom is -0.460 e. The first-order valence-electron chi connectivity index (χ1n) is 11.9. The van der Waals surface area contributed by atoms with E-state index in [0.29, 0.717) is 12.3 Å². The fraction of sp³-hybridized carbons (Fsp3) is 0.696. The van der Waals surface area contributed by atoms with Gasteiger partial charge in [-0.2, -0.15) is 18.3 Å². The molecule has 0 atom stereocenters. The number of ether oxygens (including phenoxy) is 1. The SMILES string of the molecule is Cn1cc(CC(=O)N[C@H]2CC[C@H](CCN3CCc4nc(OCC(F)(F)F)sc4CC3)CC2)cn1. The zero-order valence-corrected chi connectivity index (χ0v) is 20.3. The standard InChI is InChI=1S/C23H32F3N5O2S/c1-30-14-17(13-27-30)12-21(32)28-18-4-2-16(3-5-18)6-9-31-10-7-19-20(8-11-31)34-22(29-19)33-15-23(24,25)26/h13-14,16,18H,2-12,15H2,1H3,(H,28,32)/t16-,18-. The van der Waals surface area contributed by atoms with E-state index in [-0.39, 0.29) is 17.1 Å². The summed E-state index contributed by atoms with van der Waals surface area (Å²) in [6.07, 6.45) is 6.61. The Bertz CT molecular complexity index is 927. The summed E-state index contributed by atoms with van der Waals surface area (Å²) >= 11 is 1.24. The number of alkyl halides is 3. The molecule has 0 bridgehead atoms. The highest BCUT2D eigenvalue weighted by Crippen LogP contribution is 2.31. The second-order valence-electron chi connectivity index (χ2n) is 9.37. The maximum atomic E-state index is 12.4. The van der Waals surface area contributed by atoms with Crippen molar-refractivity contribution in [2.75, 3.05) is 26.2 Å². The van der Waals surface area contributed by atoms with Crippen molar-refractivity contribution < 1.29 is 22.7 Å². The lowest BCUT2D eigenvalue weighted by Crippen LogP contribution is -2.39. The van der Waals surface area contributed by atoms with Gasteiger partial charge in [-0.3, -0.25) is 9.48 Å². The monoisotopic (exact) mass is 499 g/mol. The molecule has 7 nitrogen and oxygen atoms in total. The fourth-order valence-electron chi connectivity index (χ4n) is 4.80. The third-order valence-corrected chi connectivity index (χ3v) is 7.70. The molecule has 2 aromatic rings. The number of nitrogens with zero attached hydrogens (tertiary/aromatic N) is 4. The molecule has 1 aliphatic heterocycles. The highest BCUT2D eigenvalue weighted by atomic mass is 32.1. The largest absolute Gasteiger partial charge is 0.460 e. The number of fused-ring (bicyclic) bond motifs is 1. The summed E-state index contributed by atoms with van der Waals surface area (Å²) in [5, 5.41) is 7.41. The second kappa shape index (κ2) is 11.1. The van der Waals surface area contributed by atoms with Gasteiger partial charge in [-0.15, -0.1) is 0 Å². The van der Waals surface area contributed by atoms with Crippen LogP contribution in [0.5, 0.6) is 5.19 Å². The number of thiazole rings is 1. The number of halogens is 3. The van der Waals surface area contributed by atoms with Gasteiger partial charge >= 0.3 is 6.18 Å². The van der Waals surface area contributed by atoms with E-state index in [1.54, 1.807) is 10.9 Å². The van der Waals surface area contributed by atoms with Crippen LogP contribution in [0.3, 0.4) is 0 Å². The average Bonchev–Trinajstić information content (AvgIpc) is 3.32. The first-order valence-corrected chi connectivity index (χ1v) is 12.7. The topological polar surface area (TPSA) is 72.3 Å². The molecule has 2 aliphatic rings. The van der Waals surface area contributed by atoms with Crippen molar-refractivity contribution in [2.24, 2.45) is 13.0 Å². The van der Waals surface area contributed by atoms with Gasteiger partial charge in [-0.25, -0.2) is 4.98 Å². The Balaban J connectivity index is 1.13. The van der Waals surface area contributed by atoms with Crippen molar-refractivity contribution in [3.63, 3.8) is 0 Å². The average molecular weight is 500 g/mol. The Morgan fingerprint density at radius 1 is 1.24 bits per heavy atom. The van der Waals surface area contributed by atoms with Crippen LogP contribution < -0.4 is 10.1 Å². The van der Waals surface area contributed by atoms with Crippen molar-refractivity contribution in [3.8, 4) is 5.19 Å². The fourth-order valence-corrected chi connectivity index (χ4v) is 5.75. The summed E-state index contributed by atoms with van der Waals surface area (Å²) < 4.78 is 43.6. The molecule has 1 N–H and O–H groups in total. The van der Waals surface area contributed by atoms with E-state index < -0.39 is 12.8 Å². The number of carbonyl (C=O) groups is 1. The van der Waals surface area contributed by atoms with E-state index >= 15 is 0 Å². The minimum atomic E-state index is -4.34. The smallest absolute Gasteiger partial charge is 0.422 e. The van der Waals surface area contributed by atoms with Gasteiger partial charge in [0.1, 0.15) is 0 Å². The summed E-state index contributed by atoms with van der Waals surface area (Å²) in [4.78, 5) is 20.1. The Hall–Kier alpha value is -2.14. The summed E-state index contributed by atoms with van der Waals surface area (Å²) in [5.74, 6) is 0.735. The number of aryl methyl sites for hydroxylation is 1. The summed E-state index contributed by atoms with van der Waals surface area (Å²) in [6, 6.07) is 0.259. The number of hydrogen-bond acceptors (Lipinski definition) is 6. The van der Waals surface area contributed by atoms with Crippen LogP contribution in [0.4, 0.5) is 13.2 Å². The van der Waals surface area contributed by atoms with Gasteiger partial charge in [0, 0.05) is 43.7 Å². The van der Waals surface area contributed by atoms with E-state index in [1.165, 1.54) is 11.3 Å². The van der Waals surface area contributed by atoms with Crippen LogP contribution in [0.1, 0.15) is 48.2 Å². The Morgan fingerprint density at radius 3 is 2.71 bits per heavy atom. The highest BCUT2D eigenvalue weighted by Gasteiger charge is 2.30. The number of nitrogens with one attached hydrogen (secondary N) is 1. The molecule has 0 radical (unpaired) electrons. The lowest BCUT2D eigenvalue weighted by Gasteiger charge is -2.30. The number of hydrogen-bond donors (Lipinski definition) is 1. The van der Waals surface area contributed by atoms with Crippen LogP contribution in [0.25, 0.3) is 0 Å². The van der Waals surface area contributed by atoms with Gasteiger partial charge in [0.05, 0.1) is 18.3 Å². The van der Waals surface area contributed by atoms with Gasteiger partial charge in [-0.1, -0.05) is 11.3 Å². The normalized spacial score (nSPS) is 21.6. The molecule has 11 heteroatoms. The van der Waals surface area contributed by atoms with Crippen molar-refractivity contribution >= 4 is 17.2 Å². The van der Waals surface area contributed by atoms with Crippen LogP contribution in [0.15, 0.2) is 12.4 Å². The van der Waals surface area contributed by atoms with Crippen LogP contribution >= 0.6 is 11.3 Å². The van der Waals surface area contributed by atoms with E-state index in [2.05, 4.69) is 20.3 Å². The molecular weight excluding hydrogens is 467 g/mol. The maximum absolute atomic E-state index is 12.4. The second-order valence-corrected chi connectivity index (χ2v) is 10.4. The predicted octanol–water partition coefficient (Wildman–Crippen LogP) is 3.53. The van der Waals surface area contributed by atoms with Crippen LogP contribution in [-0.2, 0) is 31.1 Å². The van der Waals surface area contributed by atoms with E-state index in [4.69, 9.17) is 4.74 Å². The molecule has 1 fully saturated rings. The van der Waals surface area contributed by atoms with Gasteiger partial charge in [-0.05, 0) is 56.6 Å². The first kappa shape index (κ1) is 25.0. The maximum Gasteiger partial charge on any atom is 0.422 e. The third kappa shape index (κ3) is 7.43. The van der Waals surface area contributed by atoms with E-state index in [1.807, 2.05) is 13.2 Å². The summed E-state index contributed by atoms with van der Waals surface area (Å²) in [6.45, 7) is 1.50. The molecule has 1 amide bonds. The molecule has 0 aromatic carbocycles. The van der Waals surface area contributed by atoms with Crippen molar-refractivity contribution in [2.45, 2.75) is 63.6 Å². The van der Waals surface area contributed by atoms with Crippen molar-refractivity contribution in [3.05, 3.63) is 28.5 Å². The van der Waals surface area contributed by atoms with Crippen LogP contribution in [0, 0.1) is 5.92 Å². The molecule has 0 unspecified atom stereocenters. The molecule has 0 spiro atoms. The number of carbonyl (C=O) groups excluding carboxylic acids is 1. The Morgan fingerprint density at radius 2 is 2.00 bits per heavy atom. The molecule has 0 saturated heterocycles. The first-order chi connectivity index (χ1) is 16.2. The van der Waals surface area contributed by atoms with Crippen LogP contribution in [0.2, 0.25) is 0 Å². The molecule has 1 saturated carbocycles. The lowest BCUT2D eigenvalue weighted by molar-refractivity contribution is -0.153. The number of aromatic nitrogens is 3. The zero-order chi connectivity index (χ0) is 24.1. The molecule has 1 aliphatic carbocycles. The quantitative estimate of drug-likeness (QED) is 0.602. The Kier molecular flexibility index (Phi) is 8.13. The molecule has 34 heavy (non-hydrogen) atoms. The third-order valence-electron chi connectivity index (χ3n) is 6.63. The van der Waals surface area contributed by atoms with Crippen molar-refractivity contribution in [1.29, 1.82) is 0 Å². The number of amides is 1. The summed E-state index contributed by atoms with van der Waals surface area (Å²) in [5.41, 5.74) is 1.81. The predicted molar refractivity (Wildman–Crippen MR) is 123 cm³/mol. The van der Waals surface area contributed by atoms with Crippen molar-refractivity contribution in [1.82, 2.24) is 25.0 Å². The molecule has 188 valence electrons. The molecule has 4 rings (SSSR count). The Labute approximate surface area is 201 Å². The van der Waals surface area contributed by atoms with Gasteiger partial charge < -0.3 is 15.0 Å². The van der Waals surface area contributed by atoms with E-state index in [9.17, 15) is 18.0 Å². The van der Waals surface area contributed by atoms with E-state index in [0.717, 1.165) is 80.7 Å². The van der Waals surface area contributed by atoms with Gasteiger partial charge in [0.25, 0.3) is 5.19 Å². The highest BCUT2D eigenvalue weighted by molar-refractivity contribution is 7.13. The zero-order valence-electron chi connectivity index (χ0n) is 19.4. The van der Waals surface area contributed by atoms with Gasteiger partial charge in [0.15, 0.2) is 6.61 Å². The minimum absolute atomic E-state index is 0.0639. The van der Waals surface area contributed by atoms with Crippen LogP contribution in [-0.4, -0.2) is 64.0 Å². The number of rotatable bonds is 8. The van der Waals surface area contributed by atoms with Gasteiger partial charge in [0.2, 0.25) is 5.91 Å². The molecule has 3 heterocycles.